The van der Waals surface area contributed by atoms with Crippen molar-refractivity contribution in [3.63, 3.8) is 0 Å². The highest BCUT2D eigenvalue weighted by atomic mass is 19.1. The Morgan fingerprint density at radius 1 is 1.29 bits per heavy atom. The standard InChI is InChI=1S/C17H18FNO2/c1-3-21-16(20)17(2,11-13-5-4-10-19-12-13)14-6-8-15(18)9-7-14/h4-10,12H,3,11H2,1-2H3. The van der Waals surface area contributed by atoms with E-state index in [0.717, 1.165) is 11.1 Å². The number of hydrogen-bond donors (Lipinski definition) is 0. The molecule has 2 aromatic rings. The summed E-state index contributed by atoms with van der Waals surface area (Å²) in [6.07, 6.45) is 3.86. The lowest BCUT2D eigenvalue weighted by Gasteiger charge is -2.28. The molecular formula is C17H18FNO2. The van der Waals surface area contributed by atoms with Crippen molar-refractivity contribution >= 4 is 5.97 Å². The van der Waals surface area contributed by atoms with Gasteiger partial charge in [-0.2, -0.15) is 0 Å². The zero-order valence-corrected chi connectivity index (χ0v) is 12.2. The van der Waals surface area contributed by atoms with Crippen molar-refractivity contribution in [1.29, 1.82) is 0 Å². The maximum absolute atomic E-state index is 13.1. The van der Waals surface area contributed by atoms with E-state index >= 15 is 0 Å². The molecule has 1 aromatic carbocycles. The summed E-state index contributed by atoms with van der Waals surface area (Å²) in [5.41, 5.74) is 0.788. The third kappa shape index (κ3) is 3.45. The highest BCUT2D eigenvalue weighted by Crippen LogP contribution is 2.30. The molecule has 0 radical (unpaired) electrons. The lowest BCUT2D eigenvalue weighted by Crippen LogP contribution is -2.36. The molecule has 0 aliphatic heterocycles. The smallest absolute Gasteiger partial charge is 0.316 e. The molecule has 0 saturated heterocycles. The summed E-state index contributed by atoms with van der Waals surface area (Å²) < 4.78 is 18.3. The molecule has 1 unspecified atom stereocenters. The van der Waals surface area contributed by atoms with Gasteiger partial charge in [0.1, 0.15) is 5.82 Å². The van der Waals surface area contributed by atoms with E-state index in [1.807, 2.05) is 19.1 Å². The topological polar surface area (TPSA) is 39.2 Å². The Morgan fingerprint density at radius 3 is 2.57 bits per heavy atom. The van der Waals surface area contributed by atoms with Crippen LogP contribution in [0.1, 0.15) is 25.0 Å². The first-order chi connectivity index (χ1) is 10.1. The van der Waals surface area contributed by atoms with Crippen LogP contribution < -0.4 is 0 Å². The van der Waals surface area contributed by atoms with Gasteiger partial charge in [-0.25, -0.2) is 4.39 Å². The first kappa shape index (κ1) is 15.2. The summed E-state index contributed by atoms with van der Waals surface area (Å²) >= 11 is 0. The van der Waals surface area contributed by atoms with Gasteiger partial charge in [0.25, 0.3) is 0 Å². The molecule has 0 bridgehead atoms. The molecule has 1 atom stereocenters. The highest BCUT2D eigenvalue weighted by molar-refractivity contribution is 5.83. The van der Waals surface area contributed by atoms with Crippen molar-refractivity contribution in [3.05, 3.63) is 65.7 Å². The predicted octanol–water partition coefficient (Wildman–Crippen LogP) is 3.28. The zero-order chi connectivity index (χ0) is 15.3. The molecule has 21 heavy (non-hydrogen) atoms. The van der Waals surface area contributed by atoms with E-state index in [9.17, 15) is 9.18 Å². The first-order valence-electron chi connectivity index (χ1n) is 6.88. The van der Waals surface area contributed by atoms with Crippen molar-refractivity contribution in [3.8, 4) is 0 Å². The molecule has 3 nitrogen and oxygen atoms in total. The van der Waals surface area contributed by atoms with Crippen LogP contribution in [0.4, 0.5) is 4.39 Å². The van der Waals surface area contributed by atoms with Crippen LogP contribution in [0.25, 0.3) is 0 Å². The van der Waals surface area contributed by atoms with E-state index in [4.69, 9.17) is 4.74 Å². The van der Waals surface area contributed by atoms with Gasteiger partial charge < -0.3 is 4.74 Å². The fourth-order valence-corrected chi connectivity index (χ4v) is 2.31. The number of carbonyl (C=O) groups is 1. The van der Waals surface area contributed by atoms with Crippen LogP contribution in [0.15, 0.2) is 48.8 Å². The quantitative estimate of drug-likeness (QED) is 0.792. The number of carbonyl (C=O) groups excluding carboxylic acids is 1. The number of pyridine rings is 1. The van der Waals surface area contributed by atoms with Crippen molar-refractivity contribution in [2.75, 3.05) is 6.61 Å². The second-order valence-corrected chi connectivity index (χ2v) is 5.10. The monoisotopic (exact) mass is 287 g/mol. The molecule has 0 spiro atoms. The SMILES string of the molecule is CCOC(=O)C(C)(Cc1cccnc1)c1ccc(F)cc1. The lowest BCUT2D eigenvalue weighted by atomic mass is 9.77. The molecule has 0 N–H and O–H groups in total. The van der Waals surface area contributed by atoms with E-state index in [0.29, 0.717) is 13.0 Å². The highest BCUT2D eigenvalue weighted by Gasteiger charge is 2.37. The van der Waals surface area contributed by atoms with E-state index in [1.165, 1.54) is 12.1 Å². The maximum Gasteiger partial charge on any atom is 0.316 e. The number of esters is 1. The van der Waals surface area contributed by atoms with Gasteiger partial charge in [0, 0.05) is 12.4 Å². The minimum Gasteiger partial charge on any atom is -0.465 e. The molecule has 4 heteroatoms. The largest absolute Gasteiger partial charge is 0.465 e. The molecule has 2 rings (SSSR count). The fraction of sp³-hybridized carbons (Fsp3) is 0.294. The van der Waals surface area contributed by atoms with Crippen molar-refractivity contribution in [1.82, 2.24) is 4.98 Å². The van der Waals surface area contributed by atoms with Gasteiger partial charge in [-0.15, -0.1) is 0 Å². The van der Waals surface area contributed by atoms with E-state index < -0.39 is 5.41 Å². The van der Waals surface area contributed by atoms with Crippen LogP contribution in [0.2, 0.25) is 0 Å². The van der Waals surface area contributed by atoms with E-state index in [1.54, 1.807) is 31.5 Å². The van der Waals surface area contributed by atoms with Crippen LogP contribution >= 0.6 is 0 Å². The zero-order valence-electron chi connectivity index (χ0n) is 12.2. The van der Waals surface area contributed by atoms with Gasteiger partial charge in [-0.1, -0.05) is 18.2 Å². The Morgan fingerprint density at radius 2 is 2.00 bits per heavy atom. The van der Waals surface area contributed by atoms with Crippen molar-refractivity contribution < 1.29 is 13.9 Å². The summed E-state index contributed by atoms with van der Waals surface area (Å²) in [6.45, 7) is 3.89. The van der Waals surface area contributed by atoms with Crippen molar-refractivity contribution in [2.24, 2.45) is 0 Å². The van der Waals surface area contributed by atoms with Crippen LogP contribution in [-0.4, -0.2) is 17.6 Å². The lowest BCUT2D eigenvalue weighted by molar-refractivity contribution is -0.149. The number of nitrogens with zero attached hydrogens (tertiary/aromatic N) is 1. The second-order valence-electron chi connectivity index (χ2n) is 5.10. The molecule has 0 aliphatic carbocycles. The number of halogens is 1. The Hall–Kier alpha value is -2.23. The molecule has 1 heterocycles. The van der Waals surface area contributed by atoms with E-state index in [2.05, 4.69) is 4.98 Å². The summed E-state index contributed by atoms with van der Waals surface area (Å²) in [5, 5.41) is 0. The Bertz CT molecular complexity index is 598. The maximum atomic E-state index is 13.1. The van der Waals surface area contributed by atoms with Gasteiger partial charge in [-0.3, -0.25) is 9.78 Å². The summed E-state index contributed by atoms with van der Waals surface area (Å²) in [7, 11) is 0. The summed E-state index contributed by atoms with van der Waals surface area (Å²) in [4.78, 5) is 16.5. The number of rotatable bonds is 5. The third-order valence-corrected chi connectivity index (χ3v) is 3.49. The Kier molecular flexibility index (Phi) is 4.68. The molecule has 110 valence electrons. The van der Waals surface area contributed by atoms with Gasteiger partial charge >= 0.3 is 5.97 Å². The molecule has 0 amide bonds. The van der Waals surface area contributed by atoms with Crippen LogP contribution in [0.3, 0.4) is 0 Å². The molecule has 0 saturated carbocycles. The van der Waals surface area contributed by atoms with Gasteiger partial charge in [-0.05, 0) is 49.6 Å². The van der Waals surface area contributed by atoms with Gasteiger partial charge in [0.15, 0.2) is 0 Å². The average Bonchev–Trinajstić information content (AvgIpc) is 2.49. The average molecular weight is 287 g/mol. The minimum atomic E-state index is -0.868. The molecule has 0 fully saturated rings. The Labute approximate surface area is 123 Å². The second kappa shape index (κ2) is 6.48. The van der Waals surface area contributed by atoms with Crippen LogP contribution in [0, 0.1) is 5.82 Å². The predicted molar refractivity (Wildman–Crippen MR) is 78.3 cm³/mol. The van der Waals surface area contributed by atoms with E-state index in [-0.39, 0.29) is 11.8 Å². The Balaban J connectivity index is 2.38. The van der Waals surface area contributed by atoms with Crippen LogP contribution in [0.5, 0.6) is 0 Å². The number of benzene rings is 1. The van der Waals surface area contributed by atoms with Gasteiger partial charge in [0.05, 0.1) is 12.0 Å². The normalized spacial score (nSPS) is 13.5. The van der Waals surface area contributed by atoms with Gasteiger partial charge in [0.2, 0.25) is 0 Å². The fourth-order valence-electron chi connectivity index (χ4n) is 2.31. The third-order valence-electron chi connectivity index (χ3n) is 3.49. The number of aromatic nitrogens is 1. The molecular weight excluding hydrogens is 269 g/mol. The summed E-state index contributed by atoms with van der Waals surface area (Å²) in [5.74, 6) is -0.646. The number of ether oxygens (including phenoxy) is 1. The molecule has 0 aliphatic rings. The number of hydrogen-bond acceptors (Lipinski definition) is 3. The summed E-state index contributed by atoms with van der Waals surface area (Å²) in [6, 6.07) is 9.71. The minimum absolute atomic E-state index is 0.308. The van der Waals surface area contributed by atoms with Crippen LogP contribution in [-0.2, 0) is 21.4 Å². The molecule has 1 aromatic heterocycles. The van der Waals surface area contributed by atoms with Crippen molar-refractivity contribution in [2.45, 2.75) is 25.7 Å². The first-order valence-corrected chi connectivity index (χ1v) is 6.88.